The zero-order chi connectivity index (χ0) is 13.6. The molecule has 0 spiro atoms. The van der Waals surface area contributed by atoms with E-state index < -0.39 is 6.29 Å². The van der Waals surface area contributed by atoms with Crippen LogP contribution in [-0.4, -0.2) is 6.29 Å². The molecule has 0 fully saturated rings. The monoisotopic (exact) mass is 283 g/mol. The van der Waals surface area contributed by atoms with E-state index in [1.807, 2.05) is 0 Å². The average Bonchev–Trinajstić information content (AvgIpc) is 2.62. The van der Waals surface area contributed by atoms with E-state index in [1.54, 1.807) is 24.3 Å². The van der Waals surface area contributed by atoms with Crippen molar-refractivity contribution in [3.8, 4) is 22.6 Å². The van der Waals surface area contributed by atoms with Crippen LogP contribution in [0.5, 0.6) is 11.5 Å². The first-order chi connectivity index (χ1) is 8.94. The Balaban J connectivity index is 2.07. The first kappa shape index (κ1) is 12.0. The number of alkyl halides is 2. The quantitative estimate of drug-likeness (QED) is 0.807. The molecule has 3 rings (SSSR count). The average molecular weight is 284 g/mol. The zero-order valence-corrected chi connectivity index (χ0v) is 10.2. The largest absolute Gasteiger partial charge is 0.586 e. The molecule has 0 aromatic heterocycles. The molecule has 2 N–H and O–H groups in total. The van der Waals surface area contributed by atoms with Gasteiger partial charge in [0, 0.05) is 17.3 Å². The van der Waals surface area contributed by atoms with Crippen LogP contribution in [0, 0.1) is 0 Å². The molecule has 0 bridgehead atoms. The molecule has 0 saturated heterocycles. The van der Waals surface area contributed by atoms with E-state index in [0.717, 1.165) is 5.56 Å². The molecule has 1 heterocycles. The highest BCUT2D eigenvalue weighted by molar-refractivity contribution is 6.33. The van der Waals surface area contributed by atoms with E-state index in [0.29, 0.717) is 16.3 Å². The number of anilines is 1. The topological polar surface area (TPSA) is 44.5 Å². The second-order valence-corrected chi connectivity index (χ2v) is 4.48. The van der Waals surface area contributed by atoms with Gasteiger partial charge in [-0.05, 0) is 23.8 Å². The van der Waals surface area contributed by atoms with Crippen LogP contribution >= 0.6 is 11.6 Å². The van der Waals surface area contributed by atoms with E-state index in [9.17, 15) is 8.78 Å². The van der Waals surface area contributed by atoms with Crippen LogP contribution in [-0.2, 0) is 0 Å². The van der Waals surface area contributed by atoms with E-state index in [-0.39, 0.29) is 11.5 Å². The molecule has 0 unspecified atom stereocenters. The summed E-state index contributed by atoms with van der Waals surface area (Å²) in [5.74, 6) is -0.115. The lowest BCUT2D eigenvalue weighted by Crippen LogP contribution is -2.25. The number of hydrogen-bond donors (Lipinski definition) is 1. The first-order valence-electron chi connectivity index (χ1n) is 5.40. The number of halogens is 3. The SMILES string of the molecule is Nc1ccc(-c2cc3c(cc2Cl)OC(F)(F)O3)cc1. The summed E-state index contributed by atoms with van der Waals surface area (Å²) in [4.78, 5) is 0. The van der Waals surface area contributed by atoms with Gasteiger partial charge < -0.3 is 15.2 Å². The van der Waals surface area contributed by atoms with E-state index >= 15 is 0 Å². The lowest BCUT2D eigenvalue weighted by molar-refractivity contribution is -0.286. The fourth-order valence-electron chi connectivity index (χ4n) is 1.86. The summed E-state index contributed by atoms with van der Waals surface area (Å²) >= 11 is 6.06. The van der Waals surface area contributed by atoms with Gasteiger partial charge >= 0.3 is 6.29 Å². The third-order valence-corrected chi connectivity index (χ3v) is 3.03. The maximum Gasteiger partial charge on any atom is 0.586 e. The molecule has 19 heavy (non-hydrogen) atoms. The Bertz CT molecular complexity index is 644. The number of rotatable bonds is 1. The predicted octanol–water partition coefficient (Wildman–Crippen LogP) is 3.91. The van der Waals surface area contributed by atoms with E-state index in [1.165, 1.54) is 12.1 Å². The second-order valence-electron chi connectivity index (χ2n) is 4.07. The van der Waals surface area contributed by atoms with Crippen molar-refractivity contribution >= 4 is 17.3 Å². The van der Waals surface area contributed by atoms with E-state index in [2.05, 4.69) is 9.47 Å². The highest BCUT2D eigenvalue weighted by atomic mass is 35.5. The van der Waals surface area contributed by atoms with Gasteiger partial charge in [-0.3, -0.25) is 0 Å². The van der Waals surface area contributed by atoms with Gasteiger partial charge in [0.2, 0.25) is 0 Å². The van der Waals surface area contributed by atoms with Crippen LogP contribution < -0.4 is 15.2 Å². The number of nitrogens with two attached hydrogens (primary N) is 1. The Morgan fingerprint density at radius 1 is 1.00 bits per heavy atom. The van der Waals surface area contributed by atoms with Crippen LogP contribution in [0.1, 0.15) is 0 Å². The van der Waals surface area contributed by atoms with Gasteiger partial charge in [-0.25, -0.2) is 0 Å². The summed E-state index contributed by atoms with van der Waals surface area (Å²) in [6, 6.07) is 9.62. The van der Waals surface area contributed by atoms with E-state index in [4.69, 9.17) is 17.3 Å². The molecule has 0 aliphatic carbocycles. The Kier molecular flexibility index (Phi) is 2.53. The van der Waals surface area contributed by atoms with Crippen molar-refractivity contribution in [2.45, 2.75) is 6.29 Å². The van der Waals surface area contributed by atoms with Crippen molar-refractivity contribution in [1.82, 2.24) is 0 Å². The minimum atomic E-state index is -3.65. The molecule has 0 atom stereocenters. The fourth-order valence-corrected chi connectivity index (χ4v) is 2.12. The lowest BCUT2D eigenvalue weighted by atomic mass is 10.0. The number of benzene rings is 2. The molecule has 2 aromatic carbocycles. The maximum atomic E-state index is 13.0. The van der Waals surface area contributed by atoms with Gasteiger partial charge in [0.05, 0.1) is 5.02 Å². The van der Waals surface area contributed by atoms with Gasteiger partial charge in [-0.15, -0.1) is 8.78 Å². The van der Waals surface area contributed by atoms with Crippen molar-refractivity contribution in [1.29, 1.82) is 0 Å². The standard InChI is InChI=1S/C13H8ClF2NO2/c14-10-6-12-11(18-13(15,16)19-12)5-9(10)7-1-3-8(17)4-2-7/h1-6H,17H2. The highest BCUT2D eigenvalue weighted by Gasteiger charge is 2.43. The number of fused-ring (bicyclic) bond motifs is 1. The molecule has 1 aliphatic heterocycles. The van der Waals surface area contributed by atoms with Crippen LogP contribution in [0.3, 0.4) is 0 Å². The van der Waals surface area contributed by atoms with Crippen LogP contribution in [0.2, 0.25) is 5.02 Å². The summed E-state index contributed by atoms with van der Waals surface area (Å²) in [7, 11) is 0. The summed E-state index contributed by atoms with van der Waals surface area (Å²) in [5.41, 5.74) is 7.52. The molecule has 0 saturated carbocycles. The lowest BCUT2D eigenvalue weighted by Gasteiger charge is -2.06. The molecule has 0 amide bonds. The van der Waals surface area contributed by atoms with Gasteiger partial charge in [-0.2, -0.15) is 0 Å². The minimum absolute atomic E-state index is 0.0405. The Morgan fingerprint density at radius 2 is 1.58 bits per heavy atom. The summed E-state index contributed by atoms with van der Waals surface area (Å²) < 4.78 is 34.6. The van der Waals surface area contributed by atoms with Crippen molar-refractivity contribution < 1.29 is 18.3 Å². The van der Waals surface area contributed by atoms with Gasteiger partial charge in [0.15, 0.2) is 11.5 Å². The predicted molar refractivity (Wildman–Crippen MR) is 67.5 cm³/mol. The Morgan fingerprint density at radius 3 is 2.21 bits per heavy atom. The molecular formula is C13H8ClF2NO2. The number of hydrogen-bond acceptors (Lipinski definition) is 3. The molecule has 0 radical (unpaired) electrons. The zero-order valence-electron chi connectivity index (χ0n) is 9.49. The van der Waals surface area contributed by atoms with Crippen molar-refractivity contribution in [3.05, 3.63) is 41.4 Å². The fraction of sp³-hybridized carbons (Fsp3) is 0.0769. The first-order valence-corrected chi connectivity index (χ1v) is 5.78. The molecular weight excluding hydrogens is 276 g/mol. The highest BCUT2D eigenvalue weighted by Crippen LogP contribution is 2.46. The molecule has 6 heteroatoms. The third-order valence-electron chi connectivity index (χ3n) is 2.71. The second kappa shape index (κ2) is 3.99. The Labute approximate surface area is 112 Å². The molecule has 2 aromatic rings. The van der Waals surface area contributed by atoms with Gasteiger partial charge in [0.25, 0.3) is 0 Å². The van der Waals surface area contributed by atoms with Crippen LogP contribution in [0.15, 0.2) is 36.4 Å². The van der Waals surface area contributed by atoms with Gasteiger partial charge in [0.1, 0.15) is 0 Å². The summed E-state index contributed by atoms with van der Waals surface area (Å²) in [6.45, 7) is 0. The van der Waals surface area contributed by atoms with Crippen molar-refractivity contribution in [2.24, 2.45) is 0 Å². The smallest absolute Gasteiger partial charge is 0.399 e. The maximum absolute atomic E-state index is 13.0. The van der Waals surface area contributed by atoms with Crippen LogP contribution in [0.25, 0.3) is 11.1 Å². The minimum Gasteiger partial charge on any atom is -0.399 e. The molecule has 3 nitrogen and oxygen atoms in total. The Hall–Kier alpha value is -2.01. The molecule has 98 valence electrons. The number of ether oxygens (including phenoxy) is 2. The van der Waals surface area contributed by atoms with Crippen molar-refractivity contribution in [2.75, 3.05) is 5.73 Å². The van der Waals surface area contributed by atoms with Gasteiger partial charge in [-0.1, -0.05) is 23.7 Å². The van der Waals surface area contributed by atoms with Crippen molar-refractivity contribution in [3.63, 3.8) is 0 Å². The third kappa shape index (κ3) is 2.17. The molecule has 1 aliphatic rings. The normalized spacial score (nSPS) is 15.5. The van der Waals surface area contributed by atoms with Crippen LogP contribution in [0.4, 0.5) is 14.5 Å². The summed E-state index contributed by atoms with van der Waals surface area (Å²) in [5, 5.41) is 0.296. The number of nitrogen functional groups attached to an aromatic ring is 1. The summed E-state index contributed by atoms with van der Waals surface area (Å²) in [6.07, 6.45) is -3.65.